The van der Waals surface area contributed by atoms with Crippen molar-refractivity contribution in [2.45, 2.75) is 47.0 Å². The maximum absolute atomic E-state index is 10.2. The van der Waals surface area contributed by atoms with Gasteiger partial charge in [0.1, 0.15) is 0 Å². The van der Waals surface area contributed by atoms with Crippen LogP contribution in [-0.2, 0) is 22.8 Å². The van der Waals surface area contributed by atoms with Gasteiger partial charge in [-0.15, -0.1) is 0 Å². The van der Waals surface area contributed by atoms with Crippen molar-refractivity contribution < 1.29 is 22.8 Å². The van der Waals surface area contributed by atoms with Gasteiger partial charge in [-0.25, -0.2) is 4.79 Å². The van der Waals surface area contributed by atoms with Gasteiger partial charge in [-0.1, -0.05) is 27.4 Å². The molecule has 0 unspecified atom stereocenters. The molecule has 20 heavy (non-hydrogen) atoms. The summed E-state index contributed by atoms with van der Waals surface area (Å²) in [6, 6.07) is 0. The molecule has 0 aliphatic heterocycles. The fourth-order valence-electron chi connectivity index (χ4n) is 0.961. The van der Waals surface area contributed by atoms with E-state index in [1.807, 2.05) is 0 Å². The molecule has 0 aromatic carbocycles. The molecule has 0 N–H and O–H groups in total. The Morgan fingerprint density at radius 1 is 0.950 bits per heavy atom. The maximum Gasteiger partial charge on any atom is 0.484 e. The van der Waals surface area contributed by atoms with Crippen LogP contribution >= 0.6 is 0 Å². The summed E-state index contributed by atoms with van der Waals surface area (Å²) in [5.41, 5.74) is 0.433. The van der Waals surface area contributed by atoms with Crippen molar-refractivity contribution in [1.29, 1.82) is 0 Å². The summed E-state index contributed by atoms with van der Waals surface area (Å²) in [6.45, 7) is 13.5. The molecule has 0 aromatic rings. The van der Waals surface area contributed by atoms with Crippen LogP contribution in [-0.4, -0.2) is 42.4 Å². The summed E-state index contributed by atoms with van der Waals surface area (Å²) < 4.78 is 20.7. The number of hydrogen-bond donors (Lipinski definition) is 0. The molecule has 0 fully saturated rings. The Hall–Kier alpha value is -0.693. The molecule has 0 aromatic heterocycles. The summed E-state index contributed by atoms with van der Waals surface area (Å²) in [5.74, 6) is -0.347. The molecule has 0 aliphatic rings. The first-order chi connectivity index (χ1) is 9.53. The zero-order chi connectivity index (χ0) is 15.8. The first kappa shape index (κ1) is 21.6. The van der Waals surface area contributed by atoms with Crippen molar-refractivity contribution in [3.63, 3.8) is 0 Å². The zero-order valence-electron chi connectivity index (χ0n) is 13.6. The van der Waals surface area contributed by atoms with Gasteiger partial charge >= 0.3 is 15.5 Å². The second kappa shape index (κ2) is 16.4. The molecule has 0 radical (unpaired) electrons. The van der Waals surface area contributed by atoms with Crippen molar-refractivity contribution in [3.8, 4) is 0 Å². The quantitative estimate of drug-likeness (QED) is 0.353. The van der Waals surface area contributed by atoms with Crippen LogP contribution < -0.4 is 0 Å². The van der Waals surface area contributed by atoms with E-state index in [-0.39, 0.29) is 5.97 Å². The fourth-order valence-corrected chi connectivity index (χ4v) is 2.53. The van der Waals surface area contributed by atoms with E-state index >= 15 is 0 Å². The number of carbonyl (C=O) groups is 1. The van der Waals surface area contributed by atoms with Gasteiger partial charge in [0.15, 0.2) is 0 Å². The molecule has 5 nitrogen and oxygen atoms in total. The molecular formula is C14H30O5Si. The predicted molar refractivity (Wildman–Crippen MR) is 82.7 cm³/mol. The number of ether oxygens (including phenoxy) is 1. The number of carbonyl (C=O) groups excluding carboxylic acids is 1. The second-order valence-electron chi connectivity index (χ2n) is 4.17. The molecule has 0 spiro atoms. The van der Waals surface area contributed by atoms with Crippen molar-refractivity contribution in [3.05, 3.63) is 12.2 Å². The van der Waals surface area contributed by atoms with E-state index in [4.69, 9.17) is 13.3 Å². The first-order valence-electron chi connectivity index (χ1n) is 7.11. The third-order valence-corrected chi connectivity index (χ3v) is 3.43. The summed E-state index contributed by atoms with van der Waals surface area (Å²) >= 11 is 0. The van der Waals surface area contributed by atoms with Crippen molar-refractivity contribution in [1.82, 2.24) is 0 Å². The third-order valence-electron chi connectivity index (χ3n) is 1.91. The van der Waals surface area contributed by atoms with E-state index in [9.17, 15) is 4.79 Å². The summed E-state index contributed by atoms with van der Waals surface area (Å²) in [4.78, 5) is 10.2. The van der Waals surface area contributed by atoms with E-state index in [2.05, 4.69) is 32.1 Å². The number of hydrogen-bond acceptors (Lipinski definition) is 5. The van der Waals surface area contributed by atoms with Crippen molar-refractivity contribution in [2.24, 2.45) is 0 Å². The molecule has 0 atom stereocenters. The van der Waals surface area contributed by atoms with Gasteiger partial charge < -0.3 is 18.0 Å². The minimum Gasteiger partial charge on any atom is -0.466 e. The SMILES string of the molecule is C=C(C)C(=O)OC.CCCO[SiH](OCCC)OCCC. The Morgan fingerprint density at radius 3 is 1.45 bits per heavy atom. The molecule has 0 bridgehead atoms. The lowest BCUT2D eigenvalue weighted by Gasteiger charge is -2.15. The average Bonchev–Trinajstić information content (AvgIpc) is 2.46. The summed E-state index contributed by atoms with van der Waals surface area (Å²) in [5, 5.41) is 0. The Kier molecular flexibility index (Phi) is 17.7. The fraction of sp³-hybridized carbons (Fsp3) is 0.786. The van der Waals surface area contributed by atoms with Gasteiger partial charge in [0.2, 0.25) is 0 Å². The summed E-state index contributed by atoms with van der Waals surface area (Å²) in [6.07, 6.45) is 3.07. The van der Waals surface area contributed by atoms with E-state index in [1.54, 1.807) is 6.92 Å². The average molecular weight is 306 g/mol. The molecule has 6 heteroatoms. The molecule has 0 amide bonds. The topological polar surface area (TPSA) is 54.0 Å². The van der Waals surface area contributed by atoms with Crippen LogP contribution in [0.25, 0.3) is 0 Å². The number of rotatable bonds is 10. The monoisotopic (exact) mass is 306 g/mol. The Balaban J connectivity index is 0. The maximum atomic E-state index is 10.2. The van der Waals surface area contributed by atoms with Gasteiger partial charge in [-0.3, -0.25) is 0 Å². The van der Waals surface area contributed by atoms with Crippen LogP contribution in [0.2, 0.25) is 0 Å². The van der Waals surface area contributed by atoms with Crippen LogP contribution in [0.15, 0.2) is 12.2 Å². The minimum atomic E-state index is -1.79. The van der Waals surface area contributed by atoms with Crippen LogP contribution in [0.3, 0.4) is 0 Å². The summed E-state index contributed by atoms with van der Waals surface area (Å²) in [7, 11) is -0.456. The normalized spacial score (nSPS) is 9.90. The van der Waals surface area contributed by atoms with Crippen LogP contribution in [0.4, 0.5) is 0 Å². The molecule has 0 heterocycles. The lowest BCUT2D eigenvalue weighted by molar-refractivity contribution is -0.136. The lowest BCUT2D eigenvalue weighted by Crippen LogP contribution is -2.28. The predicted octanol–water partition coefficient (Wildman–Crippen LogP) is 2.72. The lowest BCUT2D eigenvalue weighted by atomic mass is 10.4. The highest BCUT2D eigenvalue weighted by molar-refractivity contribution is 6.36. The molecule has 120 valence electrons. The molecule has 0 saturated heterocycles. The molecule has 0 saturated carbocycles. The second-order valence-corrected chi connectivity index (χ2v) is 5.75. The van der Waals surface area contributed by atoms with E-state index in [0.29, 0.717) is 5.57 Å². The van der Waals surface area contributed by atoms with Crippen LogP contribution in [0.5, 0.6) is 0 Å². The van der Waals surface area contributed by atoms with Gasteiger partial charge in [0.05, 0.1) is 7.11 Å². The standard InChI is InChI=1S/C9H22O3Si.C5H8O2/c1-4-7-10-13(11-8-5-2)12-9-6-3;1-4(2)5(6)7-3/h13H,4-9H2,1-3H3;1H2,2-3H3. The minimum absolute atomic E-state index is 0.347. The van der Waals surface area contributed by atoms with Gasteiger partial charge in [-0.2, -0.15) is 0 Å². The highest BCUT2D eigenvalue weighted by Crippen LogP contribution is 1.96. The van der Waals surface area contributed by atoms with Crippen molar-refractivity contribution >= 4 is 15.5 Å². The zero-order valence-corrected chi connectivity index (χ0v) is 14.7. The van der Waals surface area contributed by atoms with E-state index in [0.717, 1.165) is 39.1 Å². The van der Waals surface area contributed by atoms with Gasteiger partial charge in [0, 0.05) is 25.4 Å². The van der Waals surface area contributed by atoms with E-state index < -0.39 is 9.53 Å². The molecule has 0 rings (SSSR count). The molecular weight excluding hydrogens is 276 g/mol. The Labute approximate surface area is 125 Å². The Bertz CT molecular complexity index is 227. The van der Waals surface area contributed by atoms with Crippen molar-refractivity contribution in [2.75, 3.05) is 26.9 Å². The number of esters is 1. The third kappa shape index (κ3) is 15.4. The van der Waals surface area contributed by atoms with Crippen LogP contribution in [0.1, 0.15) is 47.0 Å². The van der Waals surface area contributed by atoms with Gasteiger partial charge in [-0.05, 0) is 26.2 Å². The number of methoxy groups -OCH3 is 1. The van der Waals surface area contributed by atoms with E-state index in [1.165, 1.54) is 7.11 Å². The smallest absolute Gasteiger partial charge is 0.466 e. The largest absolute Gasteiger partial charge is 0.484 e. The highest BCUT2D eigenvalue weighted by Gasteiger charge is 2.13. The van der Waals surface area contributed by atoms with Crippen LogP contribution in [0, 0.1) is 0 Å². The van der Waals surface area contributed by atoms with Gasteiger partial charge in [0.25, 0.3) is 0 Å². The highest BCUT2D eigenvalue weighted by atomic mass is 28.3. The Morgan fingerprint density at radius 2 is 1.30 bits per heavy atom. The molecule has 0 aliphatic carbocycles. The first-order valence-corrected chi connectivity index (χ1v) is 8.53.